The summed E-state index contributed by atoms with van der Waals surface area (Å²) in [7, 11) is 1.57. The lowest BCUT2D eigenvalue weighted by atomic mass is 9.85. The molecular weight excluding hydrogens is 418 g/mol. The van der Waals surface area contributed by atoms with Crippen LogP contribution in [0.5, 0.6) is 0 Å². The van der Waals surface area contributed by atoms with Crippen molar-refractivity contribution in [3.8, 4) is 0 Å². The summed E-state index contributed by atoms with van der Waals surface area (Å²) in [5.41, 5.74) is 5.54. The smallest absolute Gasteiger partial charge is 0.306 e. The van der Waals surface area contributed by atoms with Crippen LogP contribution in [0.25, 0.3) is 0 Å². The molecule has 1 saturated heterocycles. The Morgan fingerprint density at radius 2 is 1.73 bits per heavy atom. The fraction of sp³-hybridized carbons (Fsp3) is 0.654. The van der Waals surface area contributed by atoms with Gasteiger partial charge in [0.1, 0.15) is 6.04 Å². The molecule has 2 rings (SSSR count). The topological polar surface area (TPSA) is 98.7 Å². The van der Waals surface area contributed by atoms with Gasteiger partial charge in [-0.15, -0.1) is 0 Å². The lowest BCUT2D eigenvalue weighted by molar-refractivity contribution is -0.151. The molecule has 2 amide bonds. The van der Waals surface area contributed by atoms with Crippen LogP contribution >= 0.6 is 0 Å². The maximum absolute atomic E-state index is 13.6. The molecule has 1 aliphatic rings. The number of likely N-dealkylation sites (N-methyl/N-ethyl adjacent to an activating group) is 1. The van der Waals surface area contributed by atoms with E-state index in [1.54, 1.807) is 7.05 Å². The SMILES string of the molecule is CCCC[C@@H](C[C@@H](CCc1ccc(CCC)cc1)C(=O)N1NCCC[C@H]1C(=O)NC)C(=O)O. The molecule has 7 nitrogen and oxygen atoms in total. The van der Waals surface area contributed by atoms with Crippen LogP contribution in [0.3, 0.4) is 0 Å². The molecule has 1 fully saturated rings. The van der Waals surface area contributed by atoms with E-state index in [1.807, 2.05) is 6.92 Å². The molecule has 0 unspecified atom stereocenters. The second-order valence-electron chi connectivity index (χ2n) is 9.10. The van der Waals surface area contributed by atoms with Crippen molar-refractivity contribution >= 4 is 17.8 Å². The molecular formula is C26H41N3O4. The summed E-state index contributed by atoms with van der Waals surface area (Å²) in [6, 6.07) is 7.90. The molecule has 1 aliphatic heterocycles. The molecule has 0 spiro atoms. The second-order valence-corrected chi connectivity index (χ2v) is 9.10. The van der Waals surface area contributed by atoms with Gasteiger partial charge >= 0.3 is 5.97 Å². The number of carbonyl (C=O) groups is 3. The van der Waals surface area contributed by atoms with Gasteiger partial charge < -0.3 is 10.4 Å². The van der Waals surface area contributed by atoms with Crippen LogP contribution in [0.1, 0.15) is 76.3 Å². The van der Waals surface area contributed by atoms with Gasteiger partial charge in [0.2, 0.25) is 11.8 Å². The standard InChI is InChI=1S/C26H41N3O4/c1-4-6-9-22(26(32)33)18-21(16-15-20-13-11-19(8-5-2)12-14-20)25(31)29-23(24(30)27-3)10-7-17-28-29/h11-14,21-23,28H,4-10,15-18H2,1-3H3,(H,27,30)(H,32,33)/t21-,22+,23+/m1/s1. The van der Waals surface area contributed by atoms with E-state index in [-0.39, 0.29) is 11.8 Å². The predicted octanol–water partition coefficient (Wildman–Crippen LogP) is 3.71. The normalized spacial score (nSPS) is 17.9. The molecule has 3 atom stereocenters. The fourth-order valence-corrected chi connectivity index (χ4v) is 4.56. The zero-order valence-corrected chi connectivity index (χ0v) is 20.4. The molecule has 0 saturated carbocycles. The van der Waals surface area contributed by atoms with Gasteiger partial charge in [-0.05, 0) is 56.1 Å². The van der Waals surface area contributed by atoms with Crippen molar-refractivity contribution in [2.24, 2.45) is 11.8 Å². The fourth-order valence-electron chi connectivity index (χ4n) is 4.56. The number of carboxylic acid groups (broad SMARTS) is 1. The van der Waals surface area contributed by atoms with Gasteiger partial charge in [0, 0.05) is 19.5 Å². The molecule has 3 N–H and O–H groups in total. The third-order valence-corrected chi connectivity index (χ3v) is 6.55. The highest BCUT2D eigenvalue weighted by atomic mass is 16.4. The number of aryl methyl sites for hydroxylation is 2. The van der Waals surface area contributed by atoms with E-state index in [0.29, 0.717) is 38.6 Å². The average Bonchev–Trinajstić information content (AvgIpc) is 2.83. The summed E-state index contributed by atoms with van der Waals surface area (Å²) in [6.07, 6.45) is 7.39. The zero-order chi connectivity index (χ0) is 24.2. The molecule has 0 bridgehead atoms. The first-order valence-corrected chi connectivity index (χ1v) is 12.5. The van der Waals surface area contributed by atoms with Crippen LogP contribution in [-0.2, 0) is 27.2 Å². The van der Waals surface area contributed by atoms with Gasteiger partial charge in [0.05, 0.1) is 5.92 Å². The molecule has 33 heavy (non-hydrogen) atoms. The van der Waals surface area contributed by atoms with Crippen molar-refractivity contribution in [3.63, 3.8) is 0 Å². The van der Waals surface area contributed by atoms with Gasteiger partial charge in [-0.2, -0.15) is 0 Å². The Hall–Kier alpha value is -2.41. The van der Waals surface area contributed by atoms with E-state index in [9.17, 15) is 19.5 Å². The Balaban J connectivity index is 2.19. The number of nitrogens with one attached hydrogen (secondary N) is 2. The van der Waals surface area contributed by atoms with E-state index in [0.717, 1.165) is 37.7 Å². The number of carboxylic acids is 1. The number of rotatable bonds is 13. The van der Waals surface area contributed by atoms with Crippen molar-refractivity contribution in [1.29, 1.82) is 0 Å². The highest BCUT2D eigenvalue weighted by molar-refractivity contribution is 5.88. The van der Waals surface area contributed by atoms with Crippen molar-refractivity contribution in [2.45, 2.75) is 84.1 Å². The summed E-state index contributed by atoms with van der Waals surface area (Å²) in [6.45, 7) is 4.82. The summed E-state index contributed by atoms with van der Waals surface area (Å²) < 4.78 is 0. The van der Waals surface area contributed by atoms with Crippen molar-refractivity contribution < 1.29 is 19.5 Å². The maximum atomic E-state index is 13.6. The molecule has 184 valence electrons. The monoisotopic (exact) mass is 459 g/mol. The predicted molar refractivity (Wildman–Crippen MR) is 129 cm³/mol. The minimum absolute atomic E-state index is 0.173. The number of hydrogen-bond donors (Lipinski definition) is 3. The third-order valence-electron chi connectivity index (χ3n) is 6.55. The molecule has 1 aromatic rings. The Morgan fingerprint density at radius 1 is 1.06 bits per heavy atom. The van der Waals surface area contributed by atoms with Crippen molar-refractivity contribution in [3.05, 3.63) is 35.4 Å². The summed E-state index contributed by atoms with van der Waals surface area (Å²) >= 11 is 0. The first kappa shape index (κ1) is 26.8. The number of carbonyl (C=O) groups excluding carboxylic acids is 2. The summed E-state index contributed by atoms with van der Waals surface area (Å²) in [5, 5.41) is 13.9. The van der Waals surface area contributed by atoms with E-state index in [2.05, 4.69) is 41.9 Å². The lowest BCUT2D eigenvalue weighted by Crippen LogP contribution is -2.59. The van der Waals surface area contributed by atoms with Gasteiger partial charge in [0.15, 0.2) is 0 Å². The van der Waals surface area contributed by atoms with Crippen LogP contribution in [0.15, 0.2) is 24.3 Å². The number of hydrazine groups is 1. The van der Waals surface area contributed by atoms with Crippen molar-refractivity contribution in [2.75, 3.05) is 13.6 Å². The van der Waals surface area contributed by atoms with Gasteiger partial charge in [0.25, 0.3) is 0 Å². The minimum Gasteiger partial charge on any atom is -0.481 e. The van der Waals surface area contributed by atoms with Crippen molar-refractivity contribution in [1.82, 2.24) is 15.8 Å². The van der Waals surface area contributed by atoms with E-state index < -0.39 is 23.8 Å². The average molecular weight is 460 g/mol. The number of nitrogens with zero attached hydrogens (tertiary/aromatic N) is 1. The highest BCUT2D eigenvalue weighted by Gasteiger charge is 2.36. The van der Waals surface area contributed by atoms with Crippen LogP contribution < -0.4 is 10.7 Å². The maximum Gasteiger partial charge on any atom is 0.306 e. The minimum atomic E-state index is -0.848. The van der Waals surface area contributed by atoms with E-state index in [4.69, 9.17) is 0 Å². The summed E-state index contributed by atoms with van der Waals surface area (Å²) in [4.78, 5) is 37.9. The number of unbranched alkanes of at least 4 members (excludes halogenated alkanes) is 1. The third kappa shape index (κ3) is 8.14. The quantitative estimate of drug-likeness (QED) is 0.418. The second kappa shape index (κ2) is 14.0. The van der Waals surface area contributed by atoms with E-state index in [1.165, 1.54) is 10.6 Å². The Kier molecular flexibility index (Phi) is 11.4. The van der Waals surface area contributed by atoms with Gasteiger partial charge in [-0.3, -0.25) is 19.4 Å². The lowest BCUT2D eigenvalue weighted by Gasteiger charge is -2.37. The van der Waals surface area contributed by atoms with Crippen LogP contribution in [-0.4, -0.2) is 47.5 Å². The first-order valence-electron chi connectivity index (χ1n) is 12.5. The Bertz CT molecular complexity index is 765. The largest absolute Gasteiger partial charge is 0.481 e. The van der Waals surface area contributed by atoms with Gasteiger partial charge in [-0.1, -0.05) is 57.4 Å². The molecule has 0 radical (unpaired) electrons. The molecule has 0 aromatic heterocycles. The first-order chi connectivity index (χ1) is 15.9. The summed E-state index contributed by atoms with van der Waals surface area (Å²) in [5.74, 6) is -2.24. The van der Waals surface area contributed by atoms with E-state index >= 15 is 0 Å². The molecule has 1 aromatic carbocycles. The molecule has 0 aliphatic carbocycles. The highest BCUT2D eigenvalue weighted by Crippen LogP contribution is 2.26. The van der Waals surface area contributed by atoms with Crippen LogP contribution in [0.2, 0.25) is 0 Å². The number of aliphatic carboxylic acids is 1. The molecule has 1 heterocycles. The van der Waals surface area contributed by atoms with Crippen LogP contribution in [0, 0.1) is 11.8 Å². The Morgan fingerprint density at radius 3 is 2.30 bits per heavy atom. The van der Waals surface area contributed by atoms with Crippen LogP contribution in [0.4, 0.5) is 0 Å². The number of amides is 2. The Labute approximate surface area is 198 Å². The number of hydrogen-bond acceptors (Lipinski definition) is 4. The van der Waals surface area contributed by atoms with Gasteiger partial charge in [-0.25, -0.2) is 5.43 Å². The molecule has 7 heteroatoms. The number of benzene rings is 1. The zero-order valence-electron chi connectivity index (χ0n) is 20.4.